The van der Waals surface area contributed by atoms with Gasteiger partial charge >= 0.3 is 5.97 Å². The molecule has 1 aliphatic carbocycles. The van der Waals surface area contributed by atoms with E-state index < -0.39 is 11.6 Å². The first-order chi connectivity index (χ1) is 23.2. The molecule has 2 atom stereocenters. The van der Waals surface area contributed by atoms with Crippen molar-refractivity contribution in [1.29, 1.82) is 0 Å². The normalized spacial score (nSPS) is 18.5. The number of nitrogens with one attached hydrogen (secondary N) is 1. The Balaban J connectivity index is 1.16. The molecule has 2 unspecified atom stereocenters. The second kappa shape index (κ2) is 15.0. The van der Waals surface area contributed by atoms with Crippen LogP contribution < -0.4 is 14.8 Å². The van der Waals surface area contributed by atoms with Crippen LogP contribution in [0.2, 0.25) is 5.02 Å². The Hall–Kier alpha value is -4.02. The van der Waals surface area contributed by atoms with Gasteiger partial charge in [0.25, 0.3) is 5.91 Å². The van der Waals surface area contributed by atoms with Crippen LogP contribution in [0, 0.1) is 18.6 Å². The molecule has 3 heterocycles. The fourth-order valence-corrected chi connectivity index (χ4v) is 6.79. The molecule has 2 bridgehead atoms. The molecule has 8 nitrogen and oxygen atoms in total. The SMILES string of the molecule is COC(=O)CCOc1nccc(CN(C(=O)C2=C(c3ccc(CCCOc4c(F)ccc(F)c4Cl)cc3)CC3CCC2N3)C2CC2)c1C. The molecule has 11 heteroatoms. The van der Waals surface area contributed by atoms with Crippen LogP contribution in [0.4, 0.5) is 8.78 Å². The second-order valence-corrected chi connectivity index (χ2v) is 13.0. The van der Waals surface area contributed by atoms with E-state index in [1.54, 1.807) is 6.20 Å². The van der Waals surface area contributed by atoms with Crippen LogP contribution in [0.5, 0.6) is 11.6 Å². The number of hydrogen-bond donors (Lipinski definition) is 1. The highest BCUT2D eigenvalue weighted by molar-refractivity contribution is 6.32. The molecular weight excluding hydrogens is 640 g/mol. The molecule has 1 saturated carbocycles. The highest BCUT2D eigenvalue weighted by atomic mass is 35.5. The maximum atomic E-state index is 14.5. The highest BCUT2D eigenvalue weighted by Crippen LogP contribution is 2.40. The van der Waals surface area contributed by atoms with Gasteiger partial charge in [-0.05, 0) is 92.3 Å². The number of esters is 1. The quantitative estimate of drug-likeness (QED) is 0.115. The molecule has 1 aromatic heterocycles. The molecule has 0 spiro atoms. The van der Waals surface area contributed by atoms with Crippen LogP contribution in [0.3, 0.4) is 0 Å². The smallest absolute Gasteiger partial charge is 0.308 e. The molecule has 2 aromatic carbocycles. The molecule has 3 aromatic rings. The number of rotatable bonds is 14. The van der Waals surface area contributed by atoms with E-state index in [0.717, 1.165) is 77.6 Å². The van der Waals surface area contributed by atoms with Gasteiger partial charge in [0.1, 0.15) is 17.4 Å². The van der Waals surface area contributed by atoms with Crippen molar-refractivity contribution >= 4 is 29.1 Å². The maximum absolute atomic E-state index is 14.5. The van der Waals surface area contributed by atoms with Crippen molar-refractivity contribution in [2.75, 3.05) is 20.3 Å². The largest absolute Gasteiger partial charge is 0.489 e. The predicted octanol–water partition coefficient (Wildman–Crippen LogP) is 6.74. The van der Waals surface area contributed by atoms with Gasteiger partial charge in [0, 0.05) is 42.0 Å². The van der Waals surface area contributed by atoms with Gasteiger partial charge in [0.15, 0.2) is 11.6 Å². The van der Waals surface area contributed by atoms with E-state index in [0.29, 0.717) is 31.3 Å². The average molecular weight is 680 g/mol. The minimum Gasteiger partial charge on any atom is -0.489 e. The molecule has 2 fully saturated rings. The van der Waals surface area contributed by atoms with Gasteiger partial charge in [-0.1, -0.05) is 35.9 Å². The van der Waals surface area contributed by atoms with E-state index in [2.05, 4.69) is 34.6 Å². The Bertz CT molecular complexity index is 1690. The molecule has 0 radical (unpaired) electrons. The lowest BCUT2D eigenvalue weighted by molar-refractivity contribution is -0.141. The first-order valence-corrected chi connectivity index (χ1v) is 16.9. The number of nitrogens with zero attached hydrogens (tertiary/aromatic N) is 2. The van der Waals surface area contributed by atoms with Crippen LogP contribution in [0.15, 0.2) is 54.2 Å². The summed E-state index contributed by atoms with van der Waals surface area (Å²) in [6, 6.07) is 12.7. The lowest BCUT2D eigenvalue weighted by Gasteiger charge is -2.32. The number of carbonyl (C=O) groups is 2. The Labute approximate surface area is 284 Å². The Morgan fingerprint density at radius 2 is 1.77 bits per heavy atom. The van der Waals surface area contributed by atoms with Gasteiger partial charge in [-0.3, -0.25) is 9.59 Å². The summed E-state index contributed by atoms with van der Waals surface area (Å²) in [5.74, 6) is -1.50. The molecule has 6 rings (SSSR count). The van der Waals surface area contributed by atoms with Crippen molar-refractivity contribution in [2.45, 2.75) is 83.0 Å². The average Bonchev–Trinajstić information content (AvgIpc) is 3.87. The standard InChI is InChI=1S/C37H40ClF2N3O5/c1-22-25(15-17-41-36(22)48-19-16-32(44)46-2)21-43(27-10-11-27)37(45)33-28(20-26-9-14-31(33)42-26)24-7-5-23(6-8-24)4-3-18-47-35-30(40)13-12-29(39)34(35)38/h5-8,12-13,15,17,26-27,31,42H,3-4,9-11,14,16,18-21H2,1-2H3. The highest BCUT2D eigenvalue weighted by Gasteiger charge is 2.42. The van der Waals surface area contributed by atoms with Crippen LogP contribution in [0.25, 0.3) is 5.57 Å². The van der Waals surface area contributed by atoms with Crippen molar-refractivity contribution in [3.05, 3.63) is 93.1 Å². The number of aryl methyl sites for hydroxylation is 1. The molecule has 2 aliphatic heterocycles. The molecule has 48 heavy (non-hydrogen) atoms. The minimum absolute atomic E-state index is 0.00937. The molecule has 1 saturated heterocycles. The number of hydrogen-bond acceptors (Lipinski definition) is 7. The van der Waals surface area contributed by atoms with E-state index in [4.69, 9.17) is 25.8 Å². The lowest BCUT2D eigenvalue weighted by Crippen LogP contribution is -2.44. The second-order valence-electron chi connectivity index (χ2n) is 12.7. The fraction of sp³-hybridized carbons (Fsp3) is 0.432. The van der Waals surface area contributed by atoms with Crippen molar-refractivity contribution in [3.8, 4) is 11.6 Å². The molecule has 254 valence electrons. The van der Waals surface area contributed by atoms with Crippen LogP contribution in [-0.2, 0) is 27.3 Å². The first-order valence-electron chi connectivity index (χ1n) is 16.5. The van der Waals surface area contributed by atoms with Gasteiger partial charge in [0.05, 0.1) is 20.1 Å². The lowest BCUT2D eigenvalue weighted by atomic mass is 9.88. The Kier molecular flexibility index (Phi) is 10.6. The Morgan fingerprint density at radius 1 is 1.00 bits per heavy atom. The monoisotopic (exact) mass is 679 g/mol. The maximum Gasteiger partial charge on any atom is 0.308 e. The number of pyridine rings is 1. The van der Waals surface area contributed by atoms with E-state index >= 15 is 0 Å². The van der Waals surface area contributed by atoms with Gasteiger partial charge < -0.3 is 24.4 Å². The predicted molar refractivity (Wildman–Crippen MR) is 178 cm³/mol. The molecule has 3 aliphatic rings. The summed E-state index contributed by atoms with van der Waals surface area (Å²) in [6.45, 7) is 2.73. The zero-order valence-corrected chi connectivity index (χ0v) is 28.0. The third-order valence-electron chi connectivity index (χ3n) is 9.39. The number of ether oxygens (including phenoxy) is 3. The number of amides is 1. The van der Waals surface area contributed by atoms with Gasteiger partial charge in [-0.15, -0.1) is 0 Å². The molecule has 1 N–H and O–H groups in total. The fourth-order valence-electron chi connectivity index (χ4n) is 6.58. The Morgan fingerprint density at radius 3 is 2.52 bits per heavy atom. The number of aromatic nitrogens is 1. The van der Waals surface area contributed by atoms with Gasteiger partial charge in [0.2, 0.25) is 5.88 Å². The topological polar surface area (TPSA) is 90.0 Å². The van der Waals surface area contributed by atoms with E-state index in [1.165, 1.54) is 7.11 Å². The first kappa shape index (κ1) is 33.9. The van der Waals surface area contributed by atoms with Crippen molar-refractivity contribution in [3.63, 3.8) is 0 Å². The van der Waals surface area contributed by atoms with Crippen LogP contribution in [0.1, 0.15) is 67.2 Å². The summed E-state index contributed by atoms with van der Waals surface area (Å²) in [5, 5.41) is 3.33. The van der Waals surface area contributed by atoms with E-state index in [1.807, 2.05) is 17.9 Å². The van der Waals surface area contributed by atoms with Crippen molar-refractivity contribution in [2.24, 2.45) is 0 Å². The van der Waals surface area contributed by atoms with E-state index in [9.17, 15) is 18.4 Å². The third-order valence-corrected chi connectivity index (χ3v) is 9.74. The number of methoxy groups -OCH3 is 1. The van der Waals surface area contributed by atoms with Gasteiger partial charge in [-0.2, -0.15) is 0 Å². The van der Waals surface area contributed by atoms with Gasteiger partial charge in [-0.25, -0.2) is 13.8 Å². The number of fused-ring (bicyclic) bond motifs is 2. The summed E-state index contributed by atoms with van der Waals surface area (Å²) in [6.07, 6.45) is 7.76. The summed E-state index contributed by atoms with van der Waals surface area (Å²) in [5.41, 5.74) is 5.89. The zero-order valence-electron chi connectivity index (χ0n) is 27.2. The molecule has 1 amide bonds. The number of halogens is 3. The number of carbonyl (C=O) groups excluding carboxylic acids is 2. The van der Waals surface area contributed by atoms with Crippen LogP contribution in [-0.4, -0.2) is 60.2 Å². The summed E-state index contributed by atoms with van der Waals surface area (Å²) < 4.78 is 43.7. The summed E-state index contributed by atoms with van der Waals surface area (Å²) in [4.78, 5) is 32.4. The van der Waals surface area contributed by atoms with E-state index in [-0.39, 0.29) is 54.4 Å². The van der Waals surface area contributed by atoms with Crippen molar-refractivity contribution < 1.29 is 32.6 Å². The zero-order chi connectivity index (χ0) is 33.8. The number of benzene rings is 2. The van der Waals surface area contributed by atoms with Crippen LogP contribution >= 0.6 is 11.6 Å². The molecular formula is C37H40ClF2N3O5. The minimum atomic E-state index is -0.720. The summed E-state index contributed by atoms with van der Waals surface area (Å²) in [7, 11) is 1.35. The van der Waals surface area contributed by atoms with Crippen molar-refractivity contribution in [1.82, 2.24) is 15.2 Å². The third kappa shape index (κ3) is 7.65. The summed E-state index contributed by atoms with van der Waals surface area (Å²) >= 11 is 5.87.